The van der Waals surface area contributed by atoms with E-state index in [0.29, 0.717) is 6.54 Å². The SMILES string of the molecule is O=C(O)C1c2ccsc2CCN1C(=O)N1CCCCCC1. The molecule has 3 rings (SSSR count). The summed E-state index contributed by atoms with van der Waals surface area (Å²) < 4.78 is 0. The third-order valence-electron chi connectivity index (χ3n) is 4.32. The Morgan fingerprint density at radius 1 is 1.14 bits per heavy atom. The van der Waals surface area contributed by atoms with Crippen molar-refractivity contribution >= 4 is 23.3 Å². The lowest BCUT2D eigenvalue weighted by Gasteiger charge is -2.36. The fraction of sp³-hybridized carbons (Fsp3) is 0.600. The highest BCUT2D eigenvalue weighted by molar-refractivity contribution is 7.10. The molecule has 5 nitrogen and oxygen atoms in total. The van der Waals surface area contributed by atoms with E-state index in [9.17, 15) is 14.7 Å². The maximum Gasteiger partial charge on any atom is 0.331 e. The predicted molar refractivity (Wildman–Crippen MR) is 80.5 cm³/mol. The summed E-state index contributed by atoms with van der Waals surface area (Å²) >= 11 is 1.58. The van der Waals surface area contributed by atoms with E-state index in [-0.39, 0.29) is 6.03 Å². The molecule has 0 saturated carbocycles. The van der Waals surface area contributed by atoms with Crippen LogP contribution < -0.4 is 0 Å². The summed E-state index contributed by atoms with van der Waals surface area (Å²) in [7, 11) is 0. The second-order valence-electron chi connectivity index (χ2n) is 5.67. The van der Waals surface area contributed by atoms with Crippen molar-refractivity contribution in [1.29, 1.82) is 0 Å². The van der Waals surface area contributed by atoms with Crippen molar-refractivity contribution in [3.63, 3.8) is 0 Å². The van der Waals surface area contributed by atoms with E-state index in [0.717, 1.165) is 55.6 Å². The molecule has 1 aromatic heterocycles. The largest absolute Gasteiger partial charge is 0.479 e. The minimum atomic E-state index is -0.933. The average molecular weight is 308 g/mol. The molecule has 0 bridgehead atoms. The summed E-state index contributed by atoms with van der Waals surface area (Å²) in [5.74, 6) is -0.933. The van der Waals surface area contributed by atoms with Crippen molar-refractivity contribution in [2.75, 3.05) is 19.6 Å². The number of nitrogens with zero attached hydrogens (tertiary/aromatic N) is 2. The lowest BCUT2D eigenvalue weighted by molar-refractivity contribution is -0.143. The standard InChI is InChI=1S/C15H20N2O3S/c18-14(19)13-11-6-10-21-12(11)5-9-17(13)15(20)16-7-3-1-2-4-8-16/h6,10,13H,1-5,7-9H2,(H,18,19). The maximum atomic E-state index is 12.7. The predicted octanol–water partition coefficient (Wildman–Crippen LogP) is 2.73. The van der Waals surface area contributed by atoms with Gasteiger partial charge in [-0.25, -0.2) is 9.59 Å². The number of carbonyl (C=O) groups is 2. The van der Waals surface area contributed by atoms with E-state index in [4.69, 9.17) is 0 Å². The summed E-state index contributed by atoms with van der Waals surface area (Å²) in [5, 5.41) is 11.5. The quantitative estimate of drug-likeness (QED) is 0.867. The Hall–Kier alpha value is -1.56. The summed E-state index contributed by atoms with van der Waals surface area (Å²) in [5.41, 5.74) is 0.793. The molecule has 3 heterocycles. The number of carboxylic acid groups (broad SMARTS) is 1. The van der Waals surface area contributed by atoms with E-state index in [1.807, 2.05) is 16.3 Å². The number of urea groups is 1. The summed E-state index contributed by atoms with van der Waals surface area (Å²) in [6.07, 6.45) is 5.10. The highest BCUT2D eigenvalue weighted by Gasteiger charge is 2.38. The minimum Gasteiger partial charge on any atom is -0.479 e. The highest BCUT2D eigenvalue weighted by Crippen LogP contribution is 2.34. The van der Waals surface area contributed by atoms with E-state index in [2.05, 4.69) is 0 Å². The lowest BCUT2D eigenvalue weighted by Crippen LogP contribution is -2.49. The van der Waals surface area contributed by atoms with Crippen LogP contribution in [0.4, 0.5) is 4.79 Å². The van der Waals surface area contributed by atoms with Crippen LogP contribution in [0.1, 0.15) is 42.2 Å². The van der Waals surface area contributed by atoms with Crippen LogP contribution in [0.3, 0.4) is 0 Å². The third kappa shape index (κ3) is 2.77. The van der Waals surface area contributed by atoms with E-state index < -0.39 is 12.0 Å². The van der Waals surface area contributed by atoms with Crippen molar-refractivity contribution in [3.8, 4) is 0 Å². The van der Waals surface area contributed by atoms with Gasteiger partial charge in [0.15, 0.2) is 6.04 Å². The fourth-order valence-electron chi connectivity index (χ4n) is 3.23. The van der Waals surface area contributed by atoms with Crippen molar-refractivity contribution in [2.45, 2.75) is 38.1 Å². The van der Waals surface area contributed by atoms with E-state index >= 15 is 0 Å². The number of fused-ring (bicyclic) bond motifs is 1. The number of thiophene rings is 1. The molecule has 2 amide bonds. The molecule has 2 aliphatic heterocycles. The monoisotopic (exact) mass is 308 g/mol. The van der Waals surface area contributed by atoms with Gasteiger partial charge in [0.1, 0.15) is 0 Å². The average Bonchev–Trinajstić information content (AvgIpc) is 2.78. The van der Waals surface area contributed by atoms with Crippen LogP contribution >= 0.6 is 11.3 Å². The van der Waals surface area contributed by atoms with Gasteiger partial charge in [-0.2, -0.15) is 0 Å². The van der Waals surface area contributed by atoms with Gasteiger partial charge in [-0.3, -0.25) is 0 Å². The van der Waals surface area contributed by atoms with Crippen molar-refractivity contribution in [2.24, 2.45) is 0 Å². The number of amides is 2. The van der Waals surface area contributed by atoms with Gasteiger partial charge in [0.25, 0.3) is 0 Å². The molecule has 114 valence electrons. The van der Waals surface area contributed by atoms with Crippen LogP contribution in [-0.2, 0) is 11.2 Å². The molecule has 2 aliphatic rings. The summed E-state index contributed by atoms with van der Waals surface area (Å²) in [6, 6.07) is 0.914. The summed E-state index contributed by atoms with van der Waals surface area (Å²) in [6.45, 7) is 2.00. The molecule has 0 spiro atoms. The van der Waals surface area contributed by atoms with Crippen LogP contribution in [0.15, 0.2) is 11.4 Å². The Labute approximate surface area is 128 Å². The van der Waals surface area contributed by atoms with Gasteiger partial charge in [-0.1, -0.05) is 12.8 Å². The highest BCUT2D eigenvalue weighted by atomic mass is 32.1. The first-order chi connectivity index (χ1) is 10.2. The zero-order valence-electron chi connectivity index (χ0n) is 12.0. The molecular weight excluding hydrogens is 288 g/mol. The molecule has 1 aromatic rings. The van der Waals surface area contributed by atoms with Crippen LogP contribution in [0.2, 0.25) is 0 Å². The number of aliphatic carboxylic acids is 1. The smallest absolute Gasteiger partial charge is 0.331 e. The zero-order chi connectivity index (χ0) is 14.8. The van der Waals surface area contributed by atoms with Crippen LogP contribution in [0.25, 0.3) is 0 Å². The Bertz CT molecular complexity index is 535. The van der Waals surface area contributed by atoms with Gasteiger partial charge in [-0.15, -0.1) is 11.3 Å². The van der Waals surface area contributed by atoms with Crippen LogP contribution in [-0.4, -0.2) is 46.5 Å². The first-order valence-corrected chi connectivity index (χ1v) is 8.41. The Morgan fingerprint density at radius 2 is 1.86 bits per heavy atom. The molecule has 1 fully saturated rings. The van der Waals surface area contributed by atoms with Crippen molar-refractivity contribution < 1.29 is 14.7 Å². The number of rotatable bonds is 1. The molecule has 21 heavy (non-hydrogen) atoms. The molecule has 0 aromatic carbocycles. The Balaban J connectivity index is 1.83. The zero-order valence-corrected chi connectivity index (χ0v) is 12.8. The van der Waals surface area contributed by atoms with Gasteiger partial charge in [0, 0.05) is 24.5 Å². The van der Waals surface area contributed by atoms with Gasteiger partial charge in [0.2, 0.25) is 0 Å². The second kappa shape index (κ2) is 6.05. The Morgan fingerprint density at radius 3 is 2.52 bits per heavy atom. The number of carboxylic acids is 1. The first kappa shape index (κ1) is 14.4. The minimum absolute atomic E-state index is 0.110. The molecule has 0 aliphatic carbocycles. The normalized spacial score (nSPS) is 22.6. The molecule has 1 N–H and O–H groups in total. The number of hydrogen-bond donors (Lipinski definition) is 1. The molecule has 6 heteroatoms. The fourth-order valence-corrected chi connectivity index (χ4v) is 4.14. The van der Waals surface area contributed by atoms with Crippen molar-refractivity contribution in [3.05, 3.63) is 21.9 Å². The van der Waals surface area contributed by atoms with Gasteiger partial charge in [-0.05, 0) is 36.3 Å². The van der Waals surface area contributed by atoms with Gasteiger partial charge >= 0.3 is 12.0 Å². The van der Waals surface area contributed by atoms with Gasteiger partial charge < -0.3 is 14.9 Å². The molecule has 1 unspecified atom stereocenters. The number of carbonyl (C=O) groups excluding carboxylic acids is 1. The molecule has 0 radical (unpaired) electrons. The molecular formula is C15H20N2O3S. The number of hydrogen-bond acceptors (Lipinski definition) is 3. The molecule has 1 atom stereocenters. The second-order valence-corrected chi connectivity index (χ2v) is 6.67. The number of likely N-dealkylation sites (tertiary alicyclic amines) is 1. The summed E-state index contributed by atoms with van der Waals surface area (Å²) in [4.78, 5) is 28.9. The Kier molecular flexibility index (Phi) is 4.14. The van der Waals surface area contributed by atoms with Crippen LogP contribution in [0, 0.1) is 0 Å². The third-order valence-corrected chi connectivity index (χ3v) is 5.32. The topological polar surface area (TPSA) is 60.9 Å². The van der Waals surface area contributed by atoms with Crippen LogP contribution in [0.5, 0.6) is 0 Å². The lowest BCUT2D eigenvalue weighted by atomic mass is 10.0. The molecule has 1 saturated heterocycles. The maximum absolute atomic E-state index is 12.7. The van der Waals surface area contributed by atoms with E-state index in [1.54, 1.807) is 16.2 Å². The first-order valence-electron chi connectivity index (χ1n) is 7.53. The van der Waals surface area contributed by atoms with Crippen molar-refractivity contribution in [1.82, 2.24) is 9.80 Å². The van der Waals surface area contributed by atoms with E-state index in [1.165, 1.54) is 0 Å². The van der Waals surface area contributed by atoms with Gasteiger partial charge in [0.05, 0.1) is 0 Å².